The number of ether oxygens (including phenoxy) is 1. The van der Waals surface area contributed by atoms with E-state index in [1.807, 2.05) is 24.3 Å². The summed E-state index contributed by atoms with van der Waals surface area (Å²) < 4.78 is 11.0. The number of para-hydroxylation sites is 1. The zero-order valence-corrected chi connectivity index (χ0v) is 18.7. The predicted octanol–water partition coefficient (Wildman–Crippen LogP) is 3.54. The number of aromatic amines is 1. The molecule has 0 unspecified atom stereocenters. The van der Waals surface area contributed by atoms with E-state index in [1.54, 1.807) is 43.6 Å². The van der Waals surface area contributed by atoms with Crippen LogP contribution in [0.4, 0.5) is 0 Å². The lowest BCUT2D eigenvalue weighted by Crippen LogP contribution is -2.50. The lowest BCUT2D eigenvalue weighted by molar-refractivity contribution is 0.0376. The zero-order valence-electron chi connectivity index (χ0n) is 18.7. The number of aromatic nitrogens is 1. The molecule has 1 aromatic carbocycles. The van der Waals surface area contributed by atoms with Crippen molar-refractivity contribution in [1.29, 1.82) is 0 Å². The van der Waals surface area contributed by atoms with Gasteiger partial charge in [0.25, 0.3) is 11.8 Å². The van der Waals surface area contributed by atoms with E-state index in [0.717, 1.165) is 5.39 Å². The fourth-order valence-corrected chi connectivity index (χ4v) is 4.06. The number of hydrogen-bond donors (Lipinski definition) is 1. The number of H-pyrrole nitrogens is 1. The van der Waals surface area contributed by atoms with Gasteiger partial charge in [-0.2, -0.15) is 0 Å². The van der Waals surface area contributed by atoms with Gasteiger partial charge in [0.05, 0.1) is 11.7 Å². The lowest BCUT2D eigenvalue weighted by Gasteiger charge is -2.34. The van der Waals surface area contributed by atoms with Crippen molar-refractivity contribution >= 4 is 28.8 Å². The second-order valence-corrected chi connectivity index (χ2v) is 8.31. The number of piperazine rings is 1. The summed E-state index contributed by atoms with van der Waals surface area (Å²) in [5, 5.41) is 0.883. The summed E-state index contributed by atoms with van der Waals surface area (Å²) in [7, 11) is 0. The molecule has 32 heavy (non-hydrogen) atoms. The Morgan fingerprint density at radius 2 is 1.62 bits per heavy atom. The van der Waals surface area contributed by atoms with Crippen LogP contribution < -0.4 is 0 Å². The number of fused-ring (bicyclic) bond motifs is 1. The first-order valence-corrected chi connectivity index (χ1v) is 10.7. The van der Waals surface area contributed by atoms with Crippen LogP contribution in [0.15, 0.2) is 34.7 Å². The molecule has 0 bridgehead atoms. The Morgan fingerprint density at radius 3 is 2.25 bits per heavy atom. The van der Waals surface area contributed by atoms with E-state index in [1.165, 1.54) is 0 Å². The third-order valence-electron chi connectivity index (χ3n) is 5.69. The molecule has 1 N–H and O–H groups in total. The first kappa shape index (κ1) is 21.7. The molecule has 8 nitrogen and oxygen atoms in total. The molecule has 1 saturated heterocycles. The number of nitrogens with zero attached hydrogens (tertiary/aromatic N) is 2. The van der Waals surface area contributed by atoms with Gasteiger partial charge in [-0.15, -0.1) is 0 Å². The normalized spacial score (nSPS) is 14.3. The number of hydrogen-bond acceptors (Lipinski definition) is 5. The van der Waals surface area contributed by atoms with Gasteiger partial charge >= 0.3 is 5.97 Å². The molecule has 4 rings (SSSR count). The number of nitrogens with one attached hydrogen (secondary N) is 1. The first-order chi connectivity index (χ1) is 15.3. The van der Waals surface area contributed by atoms with E-state index < -0.39 is 5.97 Å². The van der Waals surface area contributed by atoms with Gasteiger partial charge in [0, 0.05) is 37.3 Å². The summed E-state index contributed by atoms with van der Waals surface area (Å²) in [5.74, 6) is -0.509. The van der Waals surface area contributed by atoms with Crippen molar-refractivity contribution in [2.45, 2.75) is 33.8 Å². The van der Waals surface area contributed by atoms with E-state index in [9.17, 15) is 14.4 Å². The third kappa shape index (κ3) is 4.00. The van der Waals surface area contributed by atoms with E-state index >= 15 is 0 Å². The van der Waals surface area contributed by atoms with Gasteiger partial charge in [-0.1, -0.05) is 18.2 Å². The fraction of sp³-hybridized carbons (Fsp3) is 0.375. The van der Waals surface area contributed by atoms with Gasteiger partial charge in [-0.05, 0) is 45.4 Å². The molecule has 1 aliphatic heterocycles. The highest BCUT2D eigenvalue weighted by molar-refractivity contribution is 6.01. The molecular weight excluding hydrogens is 410 g/mol. The van der Waals surface area contributed by atoms with Gasteiger partial charge in [-0.25, -0.2) is 4.79 Å². The monoisotopic (exact) mass is 437 g/mol. The van der Waals surface area contributed by atoms with Crippen molar-refractivity contribution in [3.8, 4) is 0 Å². The van der Waals surface area contributed by atoms with Gasteiger partial charge in [0.15, 0.2) is 5.76 Å². The Bertz CT molecular complexity index is 1150. The summed E-state index contributed by atoms with van der Waals surface area (Å²) in [6, 6.07) is 9.24. The maximum absolute atomic E-state index is 13.1. The predicted molar refractivity (Wildman–Crippen MR) is 119 cm³/mol. The Morgan fingerprint density at radius 1 is 1.00 bits per heavy atom. The second-order valence-electron chi connectivity index (χ2n) is 8.31. The lowest BCUT2D eigenvalue weighted by atomic mass is 10.1. The van der Waals surface area contributed by atoms with Crippen molar-refractivity contribution in [1.82, 2.24) is 14.8 Å². The standard InChI is InChI=1S/C24H27N3O5/c1-14(2)31-24(30)20-15(3)21(25-16(20)4)23(29)27-11-9-26(10-12-27)22(28)19-13-17-7-5-6-8-18(17)32-19/h5-8,13-14,25H,9-12H2,1-4H3. The van der Waals surface area contributed by atoms with Crippen LogP contribution in [0.1, 0.15) is 56.5 Å². The molecule has 0 saturated carbocycles. The number of benzene rings is 1. The molecule has 3 aromatic rings. The highest BCUT2D eigenvalue weighted by atomic mass is 16.5. The number of furan rings is 1. The van der Waals surface area contributed by atoms with Crippen LogP contribution in [0.5, 0.6) is 0 Å². The number of carbonyl (C=O) groups is 3. The number of amides is 2. The topological polar surface area (TPSA) is 95.9 Å². The summed E-state index contributed by atoms with van der Waals surface area (Å²) >= 11 is 0. The van der Waals surface area contributed by atoms with Crippen LogP contribution in [0, 0.1) is 13.8 Å². The van der Waals surface area contributed by atoms with Crippen molar-refractivity contribution in [2.24, 2.45) is 0 Å². The molecule has 8 heteroatoms. The summed E-state index contributed by atoms with van der Waals surface area (Å²) in [6.45, 7) is 8.67. The second kappa shape index (κ2) is 8.53. The molecule has 168 valence electrons. The molecular formula is C24H27N3O5. The Balaban J connectivity index is 1.43. The molecule has 0 radical (unpaired) electrons. The van der Waals surface area contributed by atoms with Crippen LogP contribution in [0.3, 0.4) is 0 Å². The quantitative estimate of drug-likeness (QED) is 0.630. The summed E-state index contributed by atoms with van der Waals surface area (Å²) in [6.07, 6.45) is -0.243. The van der Waals surface area contributed by atoms with Crippen molar-refractivity contribution in [2.75, 3.05) is 26.2 Å². The van der Waals surface area contributed by atoms with E-state index in [-0.39, 0.29) is 17.9 Å². The minimum atomic E-state index is -0.438. The molecule has 2 aromatic heterocycles. The Hall–Kier alpha value is -3.55. The highest BCUT2D eigenvalue weighted by Gasteiger charge is 2.30. The minimum absolute atomic E-state index is 0.182. The number of carbonyl (C=O) groups excluding carboxylic acids is 3. The third-order valence-corrected chi connectivity index (χ3v) is 5.69. The molecule has 3 heterocycles. The fourth-order valence-electron chi connectivity index (χ4n) is 4.06. The maximum atomic E-state index is 13.1. The minimum Gasteiger partial charge on any atom is -0.459 e. The van der Waals surface area contributed by atoms with Gasteiger partial charge in [0.2, 0.25) is 0 Å². The van der Waals surface area contributed by atoms with Crippen LogP contribution in [-0.4, -0.2) is 64.9 Å². The SMILES string of the molecule is Cc1[nH]c(C(=O)N2CCN(C(=O)c3cc4ccccc4o3)CC2)c(C)c1C(=O)OC(C)C. The highest BCUT2D eigenvalue weighted by Crippen LogP contribution is 2.23. The van der Waals surface area contributed by atoms with Crippen LogP contribution >= 0.6 is 0 Å². The number of esters is 1. The van der Waals surface area contributed by atoms with Crippen LogP contribution in [0.25, 0.3) is 11.0 Å². The smallest absolute Gasteiger partial charge is 0.340 e. The largest absolute Gasteiger partial charge is 0.459 e. The van der Waals surface area contributed by atoms with E-state index in [0.29, 0.717) is 60.0 Å². The molecule has 2 amide bonds. The maximum Gasteiger partial charge on any atom is 0.340 e. The van der Waals surface area contributed by atoms with Crippen molar-refractivity contribution in [3.63, 3.8) is 0 Å². The van der Waals surface area contributed by atoms with Crippen molar-refractivity contribution < 1.29 is 23.5 Å². The number of rotatable bonds is 4. The summed E-state index contributed by atoms with van der Waals surface area (Å²) in [4.78, 5) is 44.8. The Kier molecular flexibility index (Phi) is 5.78. The number of aryl methyl sites for hydroxylation is 1. The summed E-state index contributed by atoms with van der Waals surface area (Å²) in [5.41, 5.74) is 2.65. The molecule has 1 fully saturated rings. The van der Waals surface area contributed by atoms with Crippen LogP contribution in [-0.2, 0) is 4.74 Å². The van der Waals surface area contributed by atoms with Gasteiger partial charge in [-0.3, -0.25) is 9.59 Å². The average molecular weight is 437 g/mol. The van der Waals surface area contributed by atoms with E-state index in [2.05, 4.69) is 4.98 Å². The first-order valence-electron chi connectivity index (χ1n) is 10.7. The molecule has 1 aliphatic rings. The zero-order chi connectivity index (χ0) is 23.0. The van der Waals surface area contributed by atoms with E-state index in [4.69, 9.17) is 9.15 Å². The molecule has 0 spiro atoms. The van der Waals surface area contributed by atoms with Gasteiger partial charge < -0.3 is 23.9 Å². The van der Waals surface area contributed by atoms with Crippen LogP contribution in [0.2, 0.25) is 0 Å². The molecule has 0 atom stereocenters. The van der Waals surface area contributed by atoms with Crippen molar-refractivity contribution in [3.05, 3.63) is 58.6 Å². The average Bonchev–Trinajstić information content (AvgIpc) is 3.32. The molecule has 0 aliphatic carbocycles. The van der Waals surface area contributed by atoms with Gasteiger partial charge in [0.1, 0.15) is 11.3 Å². The Labute approximate surface area is 186 Å².